The van der Waals surface area contributed by atoms with Crippen LogP contribution in [0, 0.1) is 5.92 Å². The number of methoxy groups -OCH3 is 1. The number of carbonyl (C=O) groups is 1. The van der Waals surface area contributed by atoms with Crippen LogP contribution < -0.4 is 14.8 Å². The van der Waals surface area contributed by atoms with E-state index in [-0.39, 0.29) is 30.1 Å². The molecule has 3 aromatic carbocycles. The highest BCUT2D eigenvalue weighted by Gasteiger charge is 2.66. The van der Waals surface area contributed by atoms with E-state index >= 15 is 0 Å². The zero-order chi connectivity index (χ0) is 31.1. The molecule has 1 aromatic heterocycles. The van der Waals surface area contributed by atoms with Gasteiger partial charge in [-0.2, -0.15) is 0 Å². The van der Waals surface area contributed by atoms with Crippen molar-refractivity contribution in [3.8, 4) is 5.75 Å². The summed E-state index contributed by atoms with van der Waals surface area (Å²) in [5, 5.41) is 19.2. The predicted molar refractivity (Wildman–Crippen MR) is 177 cm³/mol. The lowest BCUT2D eigenvalue weighted by molar-refractivity contribution is -0.146. The molecule has 2 aliphatic heterocycles. The molecule has 1 saturated heterocycles. The molecule has 10 heteroatoms. The molecule has 0 aliphatic carbocycles. The lowest BCUT2D eigenvalue weighted by atomic mass is 9.82. The van der Waals surface area contributed by atoms with Crippen molar-refractivity contribution in [3.63, 3.8) is 0 Å². The Hall–Kier alpha value is -3.31. The number of rotatable bonds is 10. The number of fused-ring (bicyclic) bond motifs is 2. The van der Waals surface area contributed by atoms with Crippen LogP contribution in [0.5, 0.6) is 5.75 Å². The van der Waals surface area contributed by atoms with Gasteiger partial charge in [-0.3, -0.25) is 9.48 Å². The maximum atomic E-state index is 14.8. The summed E-state index contributed by atoms with van der Waals surface area (Å²) >= 11 is 3.69. The van der Waals surface area contributed by atoms with Crippen LogP contribution in [0.2, 0.25) is 18.6 Å². The summed E-state index contributed by atoms with van der Waals surface area (Å²) in [6.07, 6.45) is 2.85. The van der Waals surface area contributed by atoms with Gasteiger partial charge in [-0.15, -0.1) is 5.10 Å². The fourth-order valence-corrected chi connectivity index (χ4v) is 11.8. The molecule has 4 aromatic rings. The Morgan fingerprint density at radius 1 is 1.09 bits per heavy atom. The van der Waals surface area contributed by atoms with Crippen LogP contribution in [0.15, 0.2) is 83.5 Å². The number of hydrogen-bond donors (Lipinski definition) is 1. The molecule has 0 saturated carbocycles. The third kappa shape index (κ3) is 5.31. The first-order valence-corrected chi connectivity index (χ1v) is 19.0. The minimum atomic E-state index is -2.25. The topological polar surface area (TPSA) is 89.7 Å². The lowest BCUT2D eigenvalue weighted by Crippen LogP contribution is -2.51. The molecule has 1 amide bonds. The van der Waals surface area contributed by atoms with Gasteiger partial charge in [0, 0.05) is 41.7 Å². The number of halogens is 1. The monoisotopic (exact) mass is 674 g/mol. The highest BCUT2D eigenvalue weighted by Crippen LogP contribution is 2.60. The highest BCUT2D eigenvalue weighted by molar-refractivity contribution is 9.10. The van der Waals surface area contributed by atoms with Crippen molar-refractivity contribution in [3.05, 3.63) is 100 Å². The number of amides is 1. The van der Waals surface area contributed by atoms with Crippen LogP contribution >= 0.6 is 15.9 Å². The Morgan fingerprint density at radius 3 is 2.55 bits per heavy atom. The molecule has 230 valence electrons. The summed E-state index contributed by atoms with van der Waals surface area (Å²) in [7, 11) is -0.566. The third-order valence-corrected chi connectivity index (χ3v) is 14.4. The molecule has 0 bridgehead atoms. The van der Waals surface area contributed by atoms with Crippen molar-refractivity contribution in [2.75, 3.05) is 18.6 Å². The molecule has 1 N–H and O–H groups in total. The van der Waals surface area contributed by atoms with Gasteiger partial charge >= 0.3 is 0 Å². The SMILES string of the molecule is COc1ccc([Si](C)(C)[C@@H]2[C@@H](CCn3cc(CCO)nn3)O[C@]3(C(=O)N(Cc4ccccc4)c4ccc(Br)cc43)[C@H]2C)cc1. The van der Waals surface area contributed by atoms with E-state index in [2.05, 4.69) is 76.6 Å². The second-order valence-corrected chi connectivity index (χ2v) is 18.0. The van der Waals surface area contributed by atoms with Crippen molar-refractivity contribution < 1.29 is 19.4 Å². The molecular formula is C34H39BrN4O4Si. The van der Waals surface area contributed by atoms with Gasteiger partial charge in [0.15, 0.2) is 5.60 Å². The number of carbonyl (C=O) groups excluding carboxylic acids is 1. The van der Waals surface area contributed by atoms with Crippen LogP contribution in [0.25, 0.3) is 0 Å². The number of aliphatic hydroxyl groups is 1. The molecule has 1 fully saturated rings. The molecule has 0 radical (unpaired) electrons. The number of nitrogens with zero attached hydrogens (tertiary/aromatic N) is 4. The average molecular weight is 676 g/mol. The summed E-state index contributed by atoms with van der Waals surface area (Å²) in [6.45, 7) is 8.11. The Labute approximate surface area is 268 Å². The standard InChI is InChI=1S/C34H39BrN4O4Si/c1-23-32(44(3,4)28-13-11-27(42-2)12-14-28)31(16-18-38-22-26(17-19-40)36-37-38)43-34(23)29-20-25(35)10-15-30(29)39(33(34)41)21-24-8-6-5-7-9-24/h5-15,20,22-23,31-32,40H,16-19,21H2,1-4H3/t23-,31+,32-,34+/m0/s1. The fraction of sp³-hybridized carbons (Fsp3) is 0.382. The molecule has 6 rings (SSSR count). The predicted octanol–water partition coefficient (Wildman–Crippen LogP) is 5.44. The summed E-state index contributed by atoms with van der Waals surface area (Å²) in [4.78, 5) is 16.7. The summed E-state index contributed by atoms with van der Waals surface area (Å²) < 4.78 is 15.4. The van der Waals surface area contributed by atoms with E-state index in [4.69, 9.17) is 9.47 Å². The van der Waals surface area contributed by atoms with Crippen LogP contribution in [-0.4, -0.2) is 53.9 Å². The zero-order valence-electron chi connectivity index (χ0n) is 25.6. The van der Waals surface area contributed by atoms with Crippen molar-refractivity contribution >= 4 is 40.8 Å². The molecule has 8 nitrogen and oxygen atoms in total. The van der Waals surface area contributed by atoms with Gasteiger partial charge in [0.2, 0.25) is 0 Å². The molecule has 2 aliphatic rings. The summed E-state index contributed by atoms with van der Waals surface area (Å²) in [6, 6.07) is 24.7. The second-order valence-electron chi connectivity index (χ2n) is 12.4. The Bertz CT molecular complexity index is 1630. The smallest absolute Gasteiger partial charge is 0.264 e. The van der Waals surface area contributed by atoms with Gasteiger partial charge in [-0.25, -0.2) is 0 Å². The van der Waals surface area contributed by atoms with Crippen molar-refractivity contribution in [2.45, 2.75) is 63.2 Å². The van der Waals surface area contributed by atoms with Crippen LogP contribution in [-0.2, 0) is 34.6 Å². The van der Waals surface area contributed by atoms with Gasteiger partial charge in [-0.05, 0) is 47.9 Å². The number of hydrogen-bond acceptors (Lipinski definition) is 6. The first-order chi connectivity index (χ1) is 21.2. The number of aryl methyl sites for hydroxylation is 1. The first-order valence-electron chi connectivity index (χ1n) is 15.2. The molecular weight excluding hydrogens is 636 g/mol. The highest BCUT2D eigenvalue weighted by atomic mass is 79.9. The molecule has 44 heavy (non-hydrogen) atoms. The minimum Gasteiger partial charge on any atom is -0.497 e. The fourth-order valence-electron chi connectivity index (χ4n) is 7.42. The lowest BCUT2D eigenvalue weighted by Gasteiger charge is -2.37. The maximum absolute atomic E-state index is 14.8. The quantitative estimate of drug-likeness (QED) is 0.226. The van der Waals surface area contributed by atoms with Gasteiger partial charge in [0.1, 0.15) is 5.75 Å². The Morgan fingerprint density at radius 2 is 1.84 bits per heavy atom. The molecule has 1 spiro atoms. The van der Waals surface area contributed by atoms with E-state index in [1.54, 1.807) is 7.11 Å². The number of aliphatic hydroxyl groups excluding tert-OH is 1. The number of ether oxygens (including phenoxy) is 2. The van der Waals surface area contributed by atoms with Crippen molar-refractivity contribution in [1.82, 2.24) is 15.0 Å². The average Bonchev–Trinajstić information content (AvgIpc) is 3.67. The molecule has 4 atom stereocenters. The van der Waals surface area contributed by atoms with E-state index in [9.17, 15) is 9.90 Å². The van der Waals surface area contributed by atoms with E-state index in [0.29, 0.717) is 25.9 Å². The number of aromatic nitrogens is 3. The maximum Gasteiger partial charge on any atom is 0.264 e. The molecule has 3 heterocycles. The van der Waals surface area contributed by atoms with E-state index < -0.39 is 13.7 Å². The minimum absolute atomic E-state index is 0.0000261. The number of anilines is 1. The second kappa shape index (κ2) is 12.2. The normalized spacial score (nSPS) is 23.0. The van der Waals surface area contributed by atoms with Gasteiger partial charge in [0.05, 0.1) is 39.2 Å². The van der Waals surface area contributed by atoms with Gasteiger partial charge < -0.3 is 19.5 Å². The van der Waals surface area contributed by atoms with Gasteiger partial charge in [0.25, 0.3) is 5.91 Å². The van der Waals surface area contributed by atoms with Crippen LogP contribution in [0.1, 0.15) is 30.2 Å². The van der Waals surface area contributed by atoms with Gasteiger partial charge in [-0.1, -0.05) is 88.8 Å². The van der Waals surface area contributed by atoms with E-state index in [1.807, 2.05) is 58.2 Å². The Kier molecular flexibility index (Phi) is 8.53. The first kappa shape index (κ1) is 30.7. The largest absolute Gasteiger partial charge is 0.497 e. The molecule has 0 unspecified atom stereocenters. The van der Waals surface area contributed by atoms with Crippen LogP contribution in [0.3, 0.4) is 0 Å². The summed E-state index contributed by atoms with van der Waals surface area (Å²) in [5.74, 6) is 0.742. The summed E-state index contributed by atoms with van der Waals surface area (Å²) in [5.41, 5.74) is 2.69. The van der Waals surface area contributed by atoms with Crippen LogP contribution in [0.4, 0.5) is 5.69 Å². The zero-order valence-corrected chi connectivity index (χ0v) is 28.2. The van der Waals surface area contributed by atoms with Crippen molar-refractivity contribution in [2.24, 2.45) is 5.92 Å². The van der Waals surface area contributed by atoms with E-state index in [1.165, 1.54) is 5.19 Å². The third-order valence-electron chi connectivity index (χ3n) is 9.58. The number of benzene rings is 3. The van der Waals surface area contributed by atoms with E-state index in [0.717, 1.165) is 32.7 Å². The van der Waals surface area contributed by atoms with Crippen molar-refractivity contribution in [1.29, 1.82) is 0 Å². The Balaban J connectivity index is 1.42.